The Kier molecular flexibility index (Phi) is 3.83. The number of amides is 1. The smallest absolute Gasteiger partial charge is 0.256 e. The molecule has 0 atom stereocenters. The largest absolute Gasteiger partial charge is 0.305 e. The maximum Gasteiger partial charge on any atom is 0.256 e. The molecule has 0 bridgehead atoms. The fourth-order valence-electron chi connectivity index (χ4n) is 3.35. The van der Waals surface area contributed by atoms with E-state index in [1.807, 2.05) is 62.9 Å². The first-order valence-electron chi connectivity index (χ1n) is 9.06. The fourth-order valence-corrected chi connectivity index (χ4v) is 3.35. The number of carbonyl (C=O) groups excluding carboxylic acids is 1. The minimum absolute atomic E-state index is 0.243. The molecule has 2 aromatic carbocycles. The number of rotatable bonds is 3. The van der Waals surface area contributed by atoms with Crippen LogP contribution in [-0.4, -0.2) is 35.7 Å². The zero-order valence-corrected chi connectivity index (χ0v) is 15.9. The number of anilines is 1. The van der Waals surface area contributed by atoms with E-state index in [-0.39, 0.29) is 5.91 Å². The summed E-state index contributed by atoms with van der Waals surface area (Å²) >= 11 is 0. The van der Waals surface area contributed by atoms with Gasteiger partial charge in [-0.1, -0.05) is 6.07 Å². The van der Waals surface area contributed by atoms with Gasteiger partial charge in [0.2, 0.25) is 0 Å². The van der Waals surface area contributed by atoms with E-state index in [2.05, 4.69) is 25.7 Å². The number of benzene rings is 2. The SMILES string of the molecule is Cn1cc(-c2ccc3nnc(NC(=O)c4ccc5c(cnn5C)c4)cc3c2)cn1. The van der Waals surface area contributed by atoms with Gasteiger partial charge in [-0.05, 0) is 42.0 Å². The Morgan fingerprint density at radius 2 is 1.79 bits per heavy atom. The van der Waals surface area contributed by atoms with Gasteiger partial charge < -0.3 is 5.32 Å². The minimum atomic E-state index is -0.243. The summed E-state index contributed by atoms with van der Waals surface area (Å²) in [5.41, 5.74) is 4.30. The normalized spacial score (nSPS) is 11.2. The van der Waals surface area contributed by atoms with Gasteiger partial charge in [-0.3, -0.25) is 14.2 Å². The van der Waals surface area contributed by atoms with Crippen LogP contribution < -0.4 is 5.32 Å². The zero-order chi connectivity index (χ0) is 20.0. The number of hydrogen-bond acceptors (Lipinski definition) is 5. The Morgan fingerprint density at radius 1 is 0.897 bits per heavy atom. The van der Waals surface area contributed by atoms with Gasteiger partial charge in [0, 0.05) is 42.2 Å². The topological polar surface area (TPSA) is 90.5 Å². The second kappa shape index (κ2) is 6.52. The summed E-state index contributed by atoms with van der Waals surface area (Å²) in [7, 11) is 3.75. The van der Waals surface area contributed by atoms with Crippen molar-refractivity contribution in [2.45, 2.75) is 0 Å². The highest BCUT2D eigenvalue weighted by Gasteiger charge is 2.11. The Balaban J connectivity index is 1.45. The van der Waals surface area contributed by atoms with Gasteiger partial charge in [0.05, 0.1) is 23.4 Å². The molecule has 0 aliphatic rings. The van der Waals surface area contributed by atoms with E-state index < -0.39 is 0 Å². The number of carbonyl (C=O) groups is 1. The first kappa shape index (κ1) is 17.1. The Morgan fingerprint density at radius 3 is 2.62 bits per heavy atom. The molecule has 3 aromatic heterocycles. The molecule has 142 valence electrons. The van der Waals surface area contributed by atoms with Crippen molar-refractivity contribution in [3.63, 3.8) is 0 Å². The summed E-state index contributed by atoms with van der Waals surface area (Å²) in [5, 5.41) is 21.4. The molecule has 1 amide bonds. The molecule has 3 heterocycles. The van der Waals surface area contributed by atoms with Crippen molar-refractivity contribution in [2.24, 2.45) is 14.1 Å². The highest BCUT2D eigenvalue weighted by atomic mass is 16.1. The molecule has 0 spiro atoms. The third-order valence-electron chi connectivity index (χ3n) is 4.87. The van der Waals surface area contributed by atoms with E-state index in [4.69, 9.17) is 0 Å². The average molecular weight is 383 g/mol. The van der Waals surface area contributed by atoms with Crippen molar-refractivity contribution in [3.8, 4) is 11.1 Å². The lowest BCUT2D eigenvalue weighted by molar-refractivity contribution is 0.102. The Bertz CT molecular complexity index is 1380. The summed E-state index contributed by atoms with van der Waals surface area (Å²) in [4.78, 5) is 12.7. The monoisotopic (exact) mass is 383 g/mol. The van der Waals surface area contributed by atoms with Crippen LogP contribution >= 0.6 is 0 Å². The number of fused-ring (bicyclic) bond motifs is 2. The fraction of sp³-hybridized carbons (Fsp3) is 0.0952. The molecule has 0 fully saturated rings. The quantitative estimate of drug-likeness (QED) is 0.517. The van der Waals surface area contributed by atoms with Gasteiger partial charge in [0.15, 0.2) is 5.82 Å². The lowest BCUT2D eigenvalue weighted by atomic mass is 10.1. The van der Waals surface area contributed by atoms with Crippen LogP contribution in [0.3, 0.4) is 0 Å². The molecular weight excluding hydrogens is 366 g/mol. The summed E-state index contributed by atoms with van der Waals surface area (Å²) in [6.07, 6.45) is 5.50. The van der Waals surface area contributed by atoms with E-state index in [0.717, 1.165) is 32.9 Å². The van der Waals surface area contributed by atoms with Crippen molar-refractivity contribution < 1.29 is 4.79 Å². The zero-order valence-electron chi connectivity index (χ0n) is 15.9. The van der Waals surface area contributed by atoms with Gasteiger partial charge in [-0.25, -0.2) is 0 Å². The van der Waals surface area contributed by atoms with Crippen LogP contribution in [0, 0.1) is 0 Å². The van der Waals surface area contributed by atoms with Gasteiger partial charge in [-0.15, -0.1) is 10.2 Å². The van der Waals surface area contributed by atoms with Crippen LogP contribution in [0.4, 0.5) is 5.82 Å². The lowest BCUT2D eigenvalue weighted by Gasteiger charge is -2.06. The summed E-state index contributed by atoms with van der Waals surface area (Å²) in [6, 6.07) is 13.2. The first-order valence-corrected chi connectivity index (χ1v) is 9.06. The molecular formula is C21H17N7O. The van der Waals surface area contributed by atoms with Gasteiger partial charge in [0.1, 0.15) is 0 Å². The van der Waals surface area contributed by atoms with Crippen LogP contribution in [0.5, 0.6) is 0 Å². The van der Waals surface area contributed by atoms with Crippen LogP contribution in [0.2, 0.25) is 0 Å². The molecule has 0 radical (unpaired) electrons. The molecule has 0 saturated heterocycles. The molecule has 0 aliphatic carbocycles. The van der Waals surface area contributed by atoms with Gasteiger partial charge in [0.25, 0.3) is 5.91 Å². The van der Waals surface area contributed by atoms with Crippen molar-refractivity contribution in [2.75, 3.05) is 5.32 Å². The molecule has 0 unspecified atom stereocenters. The summed E-state index contributed by atoms with van der Waals surface area (Å²) in [5.74, 6) is 0.157. The molecule has 5 aromatic rings. The van der Waals surface area contributed by atoms with Crippen molar-refractivity contribution >= 4 is 33.5 Å². The predicted molar refractivity (Wildman–Crippen MR) is 110 cm³/mol. The second-order valence-electron chi connectivity index (χ2n) is 6.90. The van der Waals surface area contributed by atoms with Crippen molar-refractivity contribution in [1.29, 1.82) is 0 Å². The summed E-state index contributed by atoms with van der Waals surface area (Å²) in [6.45, 7) is 0. The number of aromatic nitrogens is 6. The highest BCUT2D eigenvalue weighted by molar-refractivity contribution is 6.06. The number of aryl methyl sites for hydroxylation is 2. The average Bonchev–Trinajstić information content (AvgIpc) is 3.33. The highest BCUT2D eigenvalue weighted by Crippen LogP contribution is 2.24. The van der Waals surface area contributed by atoms with Gasteiger partial charge in [-0.2, -0.15) is 10.2 Å². The molecule has 0 aliphatic heterocycles. The third kappa shape index (κ3) is 3.10. The molecule has 1 N–H and O–H groups in total. The second-order valence-corrected chi connectivity index (χ2v) is 6.90. The van der Waals surface area contributed by atoms with E-state index in [1.165, 1.54) is 0 Å². The maximum atomic E-state index is 12.7. The third-order valence-corrected chi connectivity index (χ3v) is 4.87. The van der Waals surface area contributed by atoms with Crippen LogP contribution in [0.25, 0.3) is 32.9 Å². The number of nitrogens with zero attached hydrogens (tertiary/aromatic N) is 6. The van der Waals surface area contributed by atoms with Crippen LogP contribution in [0.1, 0.15) is 10.4 Å². The van der Waals surface area contributed by atoms with E-state index >= 15 is 0 Å². The molecule has 29 heavy (non-hydrogen) atoms. The van der Waals surface area contributed by atoms with Crippen LogP contribution in [0.15, 0.2) is 61.1 Å². The Hall–Kier alpha value is -4.07. The van der Waals surface area contributed by atoms with Crippen LogP contribution in [-0.2, 0) is 14.1 Å². The molecule has 8 heteroatoms. The molecule has 8 nitrogen and oxygen atoms in total. The van der Waals surface area contributed by atoms with E-state index in [9.17, 15) is 4.79 Å². The van der Waals surface area contributed by atoms with Gasteiger partial charge >= 0.3 is 0 Å². The Labute approximate surface area is 165 Å². The molecule has 5 rings (SSSR count). The standard InChI is InChI=1S/C21H17N7O/c1-27-12-17(11-22-27)13-3-5-18-15(7-13)9-20(26-25-18)24-21(29)14-4-6-19-16(8-14)10-23-28(19)2/h3-12H,1-2H3,(H,24,26,29). The predicted octanol–water partition coefficient (Wildman–Crippen LogP) is 3.17. The summed E-state index contributed by atoms with van der Waals surface area (Å²) < 4.78 is 3.53. The van der Waals surface area contributed by atoms with Crippen molar-refractivity contribution in [3.05, 3.63) is 66.6 Å². The maximum absolute atomic E-state index is 12.7. The minimum Gasteiger partial charge on any atom is -0.305 e. The lowest BCUT2D eigenvalue weighted by Crippen LogP contribution is -2.13. The van der Waals surface area contributed by atoms with Crippen molar-refractivity contribution in [1.82, 2.24) is 29.8 Å². The first-order chi connectivity index (χ1) is 14.1. The molecule has 0 saturated carbocycles. The number of hydrogen-bond donors (Lipinski definition) is 1. The van der Waals surface area contributed by atoms with E-state index in [1.54, 1.807) is 21.6 Å². The number of nitrogens with one attached hydrogen (secondary N) is 1. The van der Waals surface area contributed by atoms with E-state index in [0.29, 0.717) is 11.4 Å².